The Bertz CT molecular complexity index is 933. The molecular weight excluding hydrogens is 412 g/mol. The summed E-state index contributed by atoms with van der Waals surface area (Å²) in [5, 5.41) is 15.2. The van der Waals surface area contributed by atoms with Crippen LogP contribution in [0.4, 0.5) is 0 Å². The van der Waals surface area contributed by atoms with Crippen LogP contribution in [0, 0.1) is 5.92 Å². The van der Waals surface area contributed by atoms with Crippen LogP contribution in [-0.2, 0) is 9.59 Å². The van der Waals surface area contributed by atoms with Gasteiger partial charge in [-0.3, -0.25) is 9.59 Å². The number of Topliss-reactive ketones (excluding diaryl/α,β-unsaturated/α-hetero) is 1. The van der Waals surface area contributed by atoms with Gasteiger partial charge in [0.25, 0.3) is 5.91 Å². The molecule has 0 bridgehead atoms. The highest BCUT2D eigenvalue weighted by atomic mass is 32.1. The number of quaternary nitrogens is 1. The van der Waals surface area contributed by atoms with Crippen molar-refractivity contribution in [3.8, 4) is 5.75 Å². The van der Waals surface area contributed by atoms with E-state index in [2.05, 4.69) is 13.8 Å². The molecule has 31 heavy (non-hydrogen) atoms. The zero-order valence-corrected chi connectivity index (χ0v) is 19.3. The molecule has 166 valence electrons. The zero-order valence-electron chi connectivity index (χ0n) is 18.5. The van der Waals surface area contributed by atoms with Crippen LogP contribution in [0.25, 0.3) is 5.76 Å². The molecule has 1 aliphatic rings. The maximum absolute atomic E-state index is 13.3. The minimum atomic E-state index is -0.694. The van der Waals surface area contributed by atoms with Crippen LogP contribution in [-0.4, -0.2) is 50.4 Å². The van der Waals surface area contributed by atoms with Gasteiger partial charge in [-0.05, 0) is 35.1 Å². The van der Waals surface area contributed by atoms with E-state index in [4.69, 9.17) is 4.74 Å². The number of thiophene rings is 1. The molecule has 0 saturated carbocycles. The molecule has 1 aliphatic heterocycles. The summed E-state index contributed by atoms with van der Waals surface area (Å²) >= 11 is 1.45. The van der Waals surface area contributed by atoms with E-state index < -0.39 is 23.5 Å². The molecule has 0 radical (unpaired) electrons. The number of carbonyl (C=O) groups is 2. The minimum absolute atomic E-state index is 0.0421. The Morgan fingerprint density at radius 1 is 1.19 bits per heavy atom. The average molecular weight is 443 g/mol. The van der Waals surface area contributed by atoms with E-state index in [0.717, 1.165) is 17.8 Å². The van der Waals surface area contributed by atoms with Crippen molar-refractivity contribution in [1.82, 2.24) is 4.90 Å². The number of ether oxygens (including phenoxy) is 1. The molecule has 6 nitrogen and oxygen atoms in total. The predicted molar refractivity (Wildman–Crippen MR) is 120 cm³/mol. The third-order valence-electron chi connectivity index (χ3n) is 5.12. The number of nitrogens with zero attached hydrogens (tertiary/aromatic N) is 1. The van der Waals surface area contributed by atoms with Gasteiger partial charge in [0.15, 0.2) is 0 Å². The Morgan fingerprint density at radius 3 is 2.48 bits per heavy atom. The lowest BCUT2D eigenvalue weighted by atomic mass is 10.00. The number of hydrogen-bond acceptors (Lipinski definition) is 5. The normalized spacial score (nSPS) is 18.4. The number of amides is 1. The number of rotatable bonds is 9. The summed E-state index contributed by atoms with van der Waals surface area (Å²) < 4.78 is 5.68. The van der Waals surface area contributed by atoms with Crippen LogP contribution in [0.3, 0.4) is 0 Å². The van der Waals surface area contributed by atoms with Crippen molar-refractivity contribution in [3.05, 3.63) is 57.8 Å². The Labute approximate surface area is 187 Å². The van der Waals surface area contributed by atoms with E-state index in [9.17, 15) is 14.7 Å². The number of ketones is 1. The SMILES string of the molecule is CC(C)COc1ccc(/C([O-])=C2\C(=O)C(=O)N(CCC[NH+](C)C)C2c2cccs2)cc1. The van der Waals surface area contributed by atoms with Gasteiger partial charge in [-0.2, -0.15) is 0 Å². The molecule has 1 unspecified atom stereocenters. The highest BCUT2D eigenvalue weighted by Gasteiger charge is 2.44. The summed E-state index contributed by atoms with van der Waals surface area (Å²) in [5.41, 5.74) is 0.426. The van der Waals surface area contributed by atoms with Crippen molar-refractivity contribution in [2.45, 2.75) is 26.3 Å². The quantitative estimate of drug-likeness (QED) is 0.363. The Hall–Kier alpha value is -2.64. The Morgan fingerprint density at radius 2 is 1.90 bits per heavy atom. The van der Waals surface area contributed by atoms with E-state index >= 15 is 0 Å². The molecule has 1 saturated heterocycles. The number of benzene rings is 1. The Balaban J connectivity index is 1.93. The summed E-state index contributed by atoms with van der Waals surface area (Å²) in [6, 6.07) is 9.91. The highest BCUT2D eigenvalue weighted by Crippen LogP contribution is 2.40. The second-order valence-corrected chi connectivity index (χ2v) is 9.51. The van der Waals surface area contributed by atoms with Gasteiger partial charge in [0.1, 0.15) is 5.75 Å². The highest BCUT2D eigenvalue weighted by molar-refractivity contribution is 7.10. The van der Waals surface area contributed by atoms with Crippen molar-refractivity contribution in [2.24, 2.45) is 5.92 Å². The fraction of sp³-hybridized carbons (Fsp3) is 0.417. The van der Waals surface area contributed by atoms with Crippen molar-refractivity contribution in [3.63, 3.8) is 0 Å². The Kier molecular flexibility index (Phi) is 7.51. The van der Waals surface area contributed by atoms with Gasteiger partial charge in [0, 0.05) is 23.4 Å². The standard InChI is InChI=1S/C24H30N2O4S/c1-16(2)15-30-18-10-8-17(9-11-18)22(27)20-21(19-7-5-14-31-19)26(24(29)23(20)28)13-6-12-25(3)4/h5,7-11,14,16,21,27H,6,12-13,15H2,1-4H3/b22-20+. The number of nitrogens with one attached hydrogen (secondary N) is 1. The maximum atomic E-state index is 13.3. The lowest BCUT2D eigenvalue weighted by Crippen LogP contribution is -3.05. The van der Waals surface area contributed by atoms with Gasteiger partial charge in [0.2, 0.25) is 5.78 Å². The zero-order chi connectivity index (χ0) is 22.5. The van der Waals surface area contributed by atoms with E-state index in [-0.39, 0.29) is 5.57 Å². The van der Waals surface area contributed by atoms with Crippen LogP contribution in [0.2, 0.25) is 0 Å². The van der Waals surface area contributed by atoms with Crippen LogP contribution in [0.15, 0.2) is 47.4 Å². The van der Waals surface area contributed by atoms with Gasteiger partial charge in [-0.25, -0.2) is 0 Å². The topological polar surface area (TPSA) is 74.1 Å². The number of likely N-dealkylation sites (tertiary alicyclic amines) is 1. The number of hydrogen-bond donors (Lipinski definition) is 1. The molecule has 7 heteroatoms. The maximum Gasteiger partial charge on any atom is 0.295 e. The van der Waals surface area contributed by atoms with Gasteiger partial charge in [-0.15, -0.1) is 11.3 Å². The molecule has 2 aromatic rings. The average Bonchev–Trinajstić information content (AvgIpc) is 3.34. The van der Waals surface area contributed by atoms with Crippen LogP contribution in [0.1, 0.15) is 36.8 Å². The fourth-order valence-corrected chi connectivity index (χ4v) is 4.41. The van der Waals surface area contributed by atoms with E-state index in [1.807, 2.05) is 31.6 Å². The van der Waals surface area contributed by atoms with Gasteiger partial charge in [0.05, 0.1) is 33.3 Å². The smallest absolute Gasteiger partial charge is 0.295 e. The summed E-state index contributed by atoms with van der Waals surface area (Å²) in [7, 11) is 4.09. The first-order valence-corrected chi connectivity index (χ1v) is 11.5. The number of carbonyl (C=O) groups excluding carboxylic acids is 2. The third-order valence-corrected chi connectivity index (χ3v) is 6.04. The second-order valence-electron chi connectivity index (χ2n) is 8.53. The first kappa shape index (κ1) is 23.0. The largest absolute Gasteiger partial charge is 0.872 e. The molecular formula is C24H30N2O4S. The van der Waals surface area contributed by atoms with Crippen LogP contribution in [0.5, 0.6) is 5.75 Å². The molecule has 0 aliphatic carbocycles. The van der Waals surface area contributed by atoms with Gasteiger partial charge < -0.3 is 19.6 Å². The molecule has 1 aromatic heterocycles. The molecule has 3 rings (SSSR count). The lowest BCUT2D eigenvalue weighted by Gasteiger charge is -2.26. The van der Waals surface area contributed by atoms with Gasteiger partial charge >= 0.3 is 0 Å². The summed E-state index contributed by atoms with van der Waals surface area (Å²) in [6.07, 6.45) is 0.757. The fourth-order valence-electron chi connectivity index (χ4n) is 3.57. The molecule has 1 aromatic carbocycles. The van der Waals surface area contributed by atoms with Crippen molar-refractivity contribution < 1.29 is 24.3 Å². The summed E-state index contributed by atoms with van der Waals surface area (Å²) in [6.45, 7) is 6.02. The molecule has 0 spiro atoms. The van der Waals surface area contributed by atoms with Crippen molar-refractivity contribution >= 4 is 28.8 Å². The molecule has 1 amide bonds. The van der Waals surface area contributed by atoms with Crippen molar-refractivity contribution in [1.29, 1.82) is 0 Å². The van der Waals surface area contributed by atoms with Crippen LogP contribution < -0.4 is 14.7 Å². The molecule has 1 N–H and O–H groups in total. The third kappa shape index (κ3) is 5.35. The predicted octanol–water partition coefficient (Wildman–Crippen LogP) is 1.54. The molecule has 1 fully saturated rings. The summed E-state index contributed by atoms with van der Waals surface area (Å²) in [4.78, 5) is 29.4. The lowest BCUT2D eigenvalue weighted by molar-refractivity contribution is -0.858. The minimum Gasteiger partial charge on any atom is -0.872 e. The van der Waals surface area contributed by atoms with E-state index in [0.29, 0.717) is 30.4 Å². The second kappa shape index (κ2) is 10.1. The molecule has 2 heterocycles. The summed E-state index contributed by atoms with van der Waals surface area (Å²) in [5.74, 6) is -0.613. The van der Waals surface area contributed by atoms with Crippen LogP contribution >= 0.6 is 11.3 Å². The monoisotopic (exact) mass is 442 g/mol. The van der Waals surface area contributed by atoms with Gasteiger partial charge in [-0.1, -0.05) is 37.8 Å². The first-order chi connectivity index (χ1) is 14.8. The van der Waals surface area contributed by atoms with E-state index in [1.165, 1.54) is 16.2 Å². The molecule has 1 atom stereocenters. The van der Waals surface area contributed by atoms with E-state index in [1.54, 1.807) is 29.2 Å². The first-order valence-electron chi connectivity index (χ1n) is 10.6. The van der Waals surface area contributed by atoms with Crippen molar-refractivity contribution in [2.75, 3.05) is 33.8 Å².